The molecule has 26 heavy (non-hydrogen) atoms. The number of nitrogens with zero attached hydrogens (tertiary/aromatic N) is 1. The molecule has 146 valence electrons. The largest absolute Gasteiger partial charge is 0.349 e. The zero-order valence-corrected chi connectivity index (χ0v) is 16.5. The van der Waals surface area contributed by atoms with E-state index in [1.54, 1.807) is 18.2 Å². The minimum atomic E-state index is -3.53. The first-order chi connectivity index (χ1) is 12.0. The molecule has 6 nitrogen and oxygen atoms in total. The van der Waals surface area contributed by atoms with Gasteiger partial charge in [-0.2, -0.15) is 4.31 Å². The van der Waals surface area contributed by atoms with E-state index < -0.39 is 10.0 Å². The summed E-state index contributed by atoms with van der Waals surface area (Å²) >= 11 is 0. The lowest BCUT2D eigenvalue weighted by Crippen LogP contribution is -2.40. The second-order valence-electron chi connectivity index (χ2n) is 7.00. The Balaban J connectivity index is 0.00000243. The van der Waals surface area contributed by atoms with E-state index >= 15 is 0 Å². The number of amides is 1. The average Bonchev–Trinajstić information content (AvgIpc) is 3.09. The first-order valence-electron chi connectivity index (χ1n) is 9.13. The highest BCUT2D eigenvalue weighted by atomic mass is 35.5. The monoisotopic (exact) mass is 401 g/mol. The minimum Gasteiger partial charge on any atom is -0.349 e. The highest BCUT2D eigenvalue weighted by Crippen LogP contribution is 2.25. The first kappa shape index (κ1) is 21.2. The quantitative estimate of drug-likeness (QED) is 0.790. The van der Waals surface area contributed by atoms with E-state index in [0.29, 0.717) is 31.1 Å². The Bertz CT molecular complexity index is 720. The third-order valence-corrected chi connectivity index (χ3v) is 7.22. The summed E-state index contributed by atoms with van der Waals surface area (Å²) in [6.45, 7) is 1.67. The summed E-state index contributed by atoms with van der Waals surface area (Å²) in [6.07, 6.45) is 5.88. The Labute approximate surface area is 162 Å². The Morgan fingerprint density at radius 3 is 2.58 bits per heavy atom. The maximum atomic E-state index is 12.8. The van der Waals surface area contributed by atoms with Crippen LogP contribution in [0.1, 0.15) is 48.9 Å². The van der Waals surface area contributed by atoms with Crippen LogP contribution < -0.4 is 11.1 Å². The molecule has 1 amide bonds. The molecule has 1 aromatic carbocycles. The fourth-order valence-corrected chi connectivity index (χ4v) is 5.38. The van der Waals surface area contributed by atoms with Crippen LogP contribution in [0.2, 0.25) is 0 Å². The summed E-state index contributed by atoms with van der Waals surface area (Å²) < 4.78 is 27.1. The van der Waals surface area contributed by atoms with Crippen LogP contribution in [0.5, 0.6) is 0 Å². The lowest BCUT2D eigenvalue weighted by Gasteiger charge is -2.26. The number of halogens is 1. The third-order valence-electron chi connectivity index (χ3n) is 5.33. The number of rotatable bonds is 5. The molecule has 2 atom stereocenters. The van der Waals surface area contributed by atoms with Gasteiger partial charge in [0.15, 0.2) is 0 Å². The van der Waals surface area contributed by atoms with Crippen molar-refractivity contribution in [3.63, 3.8) is 0 Å². The van der Waals surface area contributed by atoms with Crippen molar-refractivity contribution in [1.29, 1.82) is 0 Å². The number of hydrogen-bond donors (Lipinski definition) is 2. The molecule has 1 saturated carbocycles. The normalized spacial score (nSPS) is 24.0. The molecule has 2 aliphatic rings. The minimum absolute atomic E-state index is 0. The van der Waals surface area contributed by atoms with E-state index in [9.17, 15) is 13.2 Å². The zero-order chi connectivity index (χ0) is 17.9. The average molecular weight is 402 g/mol. The van der Waals surface area contributed by atoms with E-state index in [-0.39, 0.29) is 29.3 Å². The molecule has 2 fully saturated rings. The predicted molar refractivity (Wildman–Crippen MR) is 104 cm³/mol. The maximum Gasteiger partial charge on any atom is 0.251 e. The molecule has 0 radical (unpaired) electrons. The number of nitrogens with one attached hydrogen (secondary N) is 1. The van der Waals surface area contributed by atoms with Crippen molar-refractivity contribution in [2.45, 2.75) is 49.5 Å². The molecular weight excluding hydrogens is 374 g/mol. The number of piperidine rings is 1. The summed E-state index contributed by atoms with van der Waals surface area (Å²) in [5, 5.41) is 3.03. The standard InChI is InChI=1S/C18H27N3O3S.ClH/c19-13-15-7-5-9-17(15)20-18(22)14-6-4-8-16(12-14)25(23,24)21-10-2-1-3-11-21;/h4,6,8,12,15,17H,1-3,5,7,9-11,13,19H2,(H,20,22);1H. The molecule has 2 unspecified atom stereocenters. The van der Waals surface area contributed by atoms with Gasteiger partial charge in [-0.15, -0.1) is 12.4 Å². The Kier molecular flexibility index (Phi) is 7.46. The molecule has 1 aliphatic carbocycles. The maximum absolute atomic E-state index is 12.8. The molecule has 1 heterocycles. The fourth-order valence-electron chi connectivity index (χ4n) is 3.81. The van der Waals surface area contributed by atoms with Crippen LogP contribution >= 0.6 is 12.4 Å². The molecule has 3 N–H and O–H groups in total. The van der Waals surface area contributed by atoms with E-state index in [1.165, 1.54) is 10.4 Å². The van der Waals surface area contributed by atoms with Gasteiger partial charge in [-0.1, -0.05) is 18.9 Å². The molecule has 0 spiro atoms. The summed E-state index contributed by atoms with van der Waals surface area (Å²) in [4.78, 5) is 12.8. The number of carbonyl (C=O) groups excluding carboxylic acids is 1. The van der Waals surface area contributed by atoms with Crippen LogP contribution in [0.15, 0.2) is 29.2 Å². The van der Waals surface area contributed by atoms with Crippen LogP contribution in [0.25, 0.3) is 0 Å². The number of benzene rings is 1. The molecule has 1 saturated heterocycles. The van der Waals surface area contributed by atoms with Crippen molar-refractivity contribution in [3.05, 3.63) is 29.8 Å². The van der Waals surface area contributed by atoms with Crippen LogP contribution in [0.4, 0.5) is 0 Å². The molecule has 0 bridgehead atoms. The predicted octanol–water partition coefficient (Wildman–Crippen LogP) is 2.14. The smallest absolute Gasteiger partial charge is 0.251 e. The Morgan fingerprint density at radius 2 is 1.88 bits per heavy atom. The van der Waals surface area contributed by atoms with Crippen LogP contribution in [0.3, 0.4) is 0 Å². The molecule has 1 aliphatic heterocycles. The van der Waals surface area contributed by atoms with Gasteiger partial charge >= 0.3 is 0 Å². The van der Waals surface area contributed by atoms with Gasteiger partial charge in [0.25, 0.3) is 5.91 Å². The van der Waals surface area contributed by atoms with Gasteiger partial charge in [0.2, 0.25) is 10.0 Å². The molecule has 8 heteroatoms. The van der Waals surface area contributed by atoms with Gasteiger partial charge in [0, 0.05) is 24.7 Å². The summed E-state index contributed by atoms with van der Waals surface area (Å²) in [5.74, 6) is 0.0882. The molecule has 0 aromatic heterocycles. The van der Waals surface area contributed by atoms with Gasteiger partial charge in [0.05, 0.1) is 4.90 Å². The highest BCUT2D eigenvalue weighted by molar-refractivity contribution is 7.89. The second-order valence-corrected chi connectivity index (χ2v) is 8.94. The first-order valence-corrected chi connectivity index (χ1v) is 10.6. The van der Waals surface area contributed by atoms with Gasteiger partial charge in [-0.3, -0.25) is 4.79 Å². The Morgan fingerprint density at radius 1 is 1.15 bits per heavy atom. The SMILES string of the molecule is Cl.NCC1CCCC1NC(=O)c1cccc(S(=O)(=O)N2CCCCC2)c1. The fraction of sp³-hybridized carbons (Fsp3) is 0.611. The van der Waals surface area contributed by atoms with Crippen molar-refractivity contribution in [1.82, 2.24) is 9.62 Å². The van der Waals surface area contributed by atoms with Gasteiger partial charge in [-0.25, -0.2) is 8.42 Å². The second kappa shape index (κ2) is 9.17. The topological polar surface area (TPSA) is 92.5 Å². The van der Waals surface area contributed by atoms with Gasteiger partial charge in [0.1, 0.15) is 0 Å². The summed E-state index contributed by atoms with van der Waals surface area (Å²) in [6, 6.07) is 6.45. The number of hydrogen-bond acceptors (Lipinski definition) is 4. The van der Waals surface area contributed by atoms with Gasteiger partial charge in [-0.05, 0) is 56.3 Å². The van der Waals surface area contributed by atoms with Crippen LogP contribution in [-0.2, 0) is 10.0 Å². The van der Waals surface area contributed by atoms with Crippen molar-refractivity contribution < 1.29 is 13.2 Å². The molecular formula is C18H28ClN3O3S. The van der Waals surface area contributed by atoms with Crippen LogP contribution in [0, 0.1) is 5.92 Å². The summed E-state index contributed by atoms with van der Waals surface area (Å²) in [5.41, 5.74) is 6.16. The van der Waals surface area contributed by atoms with Gasteiger partial charge < -0.3 is 11.1 Å². The van der Waals surface area contributed by atoms with Crippen molar-refractivity contribution in [2.24, 2.45) is 11.7 Å². The number of carbonyl (C=O) groups is 1. The third kappa shape index (κ3) is 4.57. The van der Waals surface area contributed by atoms with Crippen molar-refractivity contribution in [2.75, 3.05) is 19.6 Å². The van der Waals surface area contributed by atoms with E-state index in [4.69, 9.17) is 5.73 Å². The number of sulfonamides is 1. The van der Waals surface area contributed by atoms with Crippen molar-refractivity contribution in [3.8, 4) is 0 Å². The lowest BCUT2D eigenvalue weighted by molar-refractivity contribution is 0.0928. The molecule has 1 aromatic rings. The van der Waals surface area contributed by atoms with E-state index in [1.807, 2.05) is 0 Å². The van der Waals surface area contributed by atoms with E-state index in [0.717, 1.165) is 38.5 Å². The highest BCUT2D eigenvalue weighted by Gasteiger charge is 2.29. The van der Waals surface area contributed by atoms with Crippen LogP contribution in [-0.4, -0.2) is 44.3 Å². The number of nitrogens with two attached hydrogens (primary N) is 1. The summed E-state index contributed by atoms with van der Waals surface area (Å²) in [7, 11) is -3.53. The zero-order valence-electron chi connectivity index (χ0n) is 14.9. The lowest BCUT2D eigenvalue weighted by atomic mass is 10.0. The Hall–Kier alpha value is -1.15. The molecule has 3 rings (SSSR count). The van der Waals surface area contributed by atoms with Crippen molar-refractivity contribution >= 4 is 28.3 Å². The van der Waals surface area contributed by atoms with E-state index in [2.05, 4.69) is 5.32 Å².